The number of benzene rings is 3. The van der Waals surface area contributed by atoms with Gasteiger partial charge in [-0.3, -0.25) is 13.9 Å². The number of halogens is 2. The van der Waals surface area contributed by atoms with Gasteiger partial charge in [0, 0.05) is 37.0 Å². The Hall–Kier alpha value is -3.43. The molecular weight excluding hydrogens is 589 g/mol. The lowest BCUT2D eigenvalue weighted by Gasteiger charge is -2.33. The molecule has 230 valence electrons. The molecule has 1 atom stereocenters. The molecule has 0 spiro atoms. The Labute approximate surface area is 259 Å². The quantitative estimate of drug-likeness (QED) is 0.251. The zero-order valence-corrected chi connectivity index (χ0v) is 26.2. The number of carbonyl (C=O) groups is 2. The van der Waals surface area contributed by atoms with E-state index in [1.54, 1.807) is 42.2 Å². The van der Waals surface area contributed by atoms with Gasteiger partial charge in [0.05, 0.1) is 11.9 Å². The number of amides is 2. The topological polar surface area (TPSA) is 86.8 Å². The van der Waals surface area contributed by atoms with Crippen LogP contribution < -0.4 is 9.62 Å². The van der Waals surface area contributed by atoms with E-state index in [9.17, 15) is 22.4 Å². The van der Waals surface area contributed by atoms with Crippen LogP contribution in [0.15, 0.2) is 72.8 Å². The van der Waals surface area contributed by atoms with Crippen LogP contribution in [0.5, 0.6) is 0 Å². The Balaban J connectivity index is 1.59. The predicted octanol–water partition coefficient (Wildman–Crippen LogP) is 6.03. The van der Waals surface area contributed by atoms with Crippen molar-refractivity contribution in [1.29, 1.82) is 0 Å². The molecule has 0 bridgehead atoms. The van der Waals surface area contributed by atoms with Crippen molar-refractivity contribution in [2.75, 3.05) is 17.1 Å². The average Bonchev–Trinajstić information content (AvgIpc) is 3.48. The van der Waals surface area contributed by atoms with Gasteiger partial charge in [0.25, 0.3) is 0 Å². The van der Waals surface area contributed by atoms with Crippen LogP contribution in [0.25, 0.3) is 0 Å². The van der Waals surface area contributed by atoms with Crippen LogP contribution in [0.1, 0.15) is 55.2 Å². The van der Waals surface area contributed by atoms with Crippen molar-refractivity contribution in [2.24, 2.45) is 0 Å². The van der Waals surface area contributed by atoms with Gasteiger partial charge in [0.1, 0.15) is 11.9 Å². The summed E-state index contributed by atoms with van der Waals surface area (Å²) in [6.07, 6.45) is 5.57. The number of rotatable bonds is 13. The largest absolute Gasteiger partial charge is 0.352 e. The first-order valence-corrected chi connectivity index (χ1v) is 16.9. The number of hydrogen-bond donors (Lipinski definition) is 1. The molecule has 0 aliphatic heterocycles. The Morgan fingerprint density at radius 3 is 2.30 bits per heavy atom. The molecule has 3 aromatic carbocycles. The maximum atomic E-state index is 14.0. The third-order valence-corrected chi connectivity index (χ3v) is 9.49. The van der Waals surface area contributed by atoms with Crippen molar-refractivity contribution in [1.82, 2.24) is 10.2 Å². The highest BCUT2D eigenvalue weighted by Gasteiger charge is 2.32. The van der Waals surface area contributed by atoms with E-state index in [4.69, 9.17) is 11.6 Å². The zero-order valence-electron chi connectivity index (χ0n) is 24.6. The molecule has 1 aliphatic carbocycles. The third-order valence-electron chi connectivity index (χ3n) is 7.90. The molecule has 3 aromatic rings. The molecule has 0 heterocycles. The minimum Gasteiger partial charge on any atom is -0.352 e. The zero-order chi connectivity index (χ0) is 31.0. The summed E-state index contributed by atoms with van der Waals surface area (Å²) in [7, 11) is -3.66. The van der Waals surface area contributed by atoms with Gasteiger partial charge in [-0.25, -0.2) is 12.8 Å². The minimum absolute atomic E-state index is 0.00876. The van der Waals surface area contributed by atoms with Gasteiger partial charge >= 0.3 is 0 Å². The van der Waals surface area contributed by atoms with Crippen molar-refractivity contribution < 1.29 is 22.4 Å². The second-order valence-corrected chi connectivity index (χ2v) is 13.5. The predicted molar refractivity (Wildman–Crippen MR) is 169 cm³/mol. The van der Waals surface area contributed by atoms with Gasteiger partial charge in [0.2, 0.25) is 21.8 Å². The Kier molecular flexibility index (Phi) is 11.2. The van der Waals surface area contributed by atoms with Crippen molar-refractivity contribution in [3.05, 3.63) is 100 Å². The molecule has 0 saturated heterocycles. The summed E-state index contributed by atoms with van der Waals surface area (Å²) in [4.78, 5) is 29.3. The Morgan fingerprint density at radius 2 is 1.65 bits per heavy atom. The maximum absolute atomic E-state index is 14.0. The van der Waals surface area contributed by atoms with E-state index in [2.05, 4.69) is 5.32 Å². The molecule has 1 saturated carbocycles. The number of nitrogens with one attached hydrogen (secondary N) is 1. The van der Waals surface area contributed by atoms with Gasteiger partial charge in [-0.15, -0.1) is 0 Å². The van der Waals surface area contributed by atoms with E-state index in [1.165, 1.54) is 16.4 Å². The first-order valence-electron chi connectivity index (χ1n) is 14.6. The van der Waals surface area contributed by atoms with Crippen molar-refractivity contribution in [3.63, 3.8) is 0 Å². The van der Waals surface area contributed by atoms with Crippen LogP contribution in [0.4, 0.5) is 10.1 Å². The molecule has 2 amide bonds. The van der Waals surface area contributed by atoms with Crippen LogP contribution in [0.2, 0.25) is 5.02 Å². The van der Waals surface area contributed by atoms with Crippen LogP contribution in [0.3, 0.4) is 0 Å². The number of anilines is 1. The molecule has 10 heteroatoms. The van der Waals surface area contributed by atoms with E-state index < -0.39 is 21.9 Å². The maximum Gasteiger partial charge on any atom is 0.243 e. The minimum atomic E-state index is -3.66. The lowest BCUT2D eigenvalue weighted by atomic mass is 10.0. The number of carbonyl (C=O) groups excluding carboxylic acids is 2. The van der Waals surface area contributed by atoms with Gasteiger partial charge in [-0.05, 0) is 67.1 Å². The summed E-state index contributed by atoms with van der Waals surface area (Å²) in [5, 5.41) is 3.61. The van der Waals surface area contributed by atoms with Gasteiger partial charge < -0.3 is 10.2 Å². The van der Waals surface area contributed by atoms with Gasteiger partial charge in [-0.1, -0.05) is 73.0 Å². The summed E-state index contributed by atoms with van der Waals surface area (Å²) >= 11 is 6.27. The summed E-state index contributed by atoms with van der Waals surface area (Å²) in [6.45, 7) is 1.92. The molecule has 7 nitrogen and oxygen atoms in total. The van der Waals surface area contributed by atoms with E-state index in [1.807, 2.05) is 30.3 Å². The highest BCUT2D eigenvalue weighted by molar-refractivity contribution is 7.92. The average molecular weight is 628 g/mol. The van der Waals surface area contributed by atoms with Gasteiger partial charge in [-0.2, -0.15) is 0 Å². The summed E-state index contributed by atoms with van der Waals surface area (Å²) in [6, 6.07) is 19.8. The molecule has 1 aliphatic rings. The second kappa shape index (κ2) is 14.8. The van der Waals surface area contributed by atoms with Crippen LogP contribution in [-0.2, 0) is 32.6 Å². The van der Waals surface area contributed by atoms with Gasteiger partial charge in [0.15, 0.2) is 0 Å². The third kappa shape index (κ3) is 9.03. The molecule has 0 unspecified atom stereocenters. The summed E-state index contributed by atoms with van der Waals surface area (Å²) < 4.78 is 40.5. The second-order valence-electron chi connectivity index (χ2n) is 11.2. The van der Waals surface area contributed by atoms with Crippen LogP contribution in [0, 0.1) is 12.7 Å². The standard InChI is InChI=1S/C33H39ClFN3O4S/c1-24-29(34)14-8-15-30(24)38(43(2,41)42)21-9-16-32(39)37(23-26-17-19-27(35)20-18-26)31(22-25-10-4-3-5-11-25)33(40)36-28-12-6-7-13-28/h3-5,8,10-11,14-15,17-20,28,31H,6-7,9,12-13,16,21-23H2,1-2H3,(H,36,40)/t31-/m1/s1. The Bertz CT molecular complexity index is 1500. The lowest BCUT2D eigenvalue weighted by Crippen LogP contribution is -2.52. The molecule has 0 aromatic heterocycles. The monoisotopic (exact) mass is 627 g/mol. The van der Waals surface area contributed by atoms with E-state index >= 15 is 0 Å². The molecule has 1 N–H and O–H groups in total. The van der Waals surface area contributed by atoms with E-state index in [0.29, 0.717) is 28.3 Å². The highest BCUT2D eigenvalue weighted by Crippen LogP contribution is 2.29. The summed E-state index contributed by atoms with van der Waals surface area (Å²) in [5.74, 6) is -0.903. The fourth-order valence-electron chi connectivity index (χ4n) is 5.56. The van der Waals surface area contributed by atoms with Crippen LogP contribution >= 0.6 is 11.6 Å². The number of sulfonamides is 1. The normalized spacial score (nSPS) is 14.3. The first-order chi connectivity index (χ1) is 20.5. The van der Waals surface area contributed by atoms with E-state index in [-0.39, 0.29) is 43.8 Å². The number of nitrogens with zero attached hydrogens (tertiary/aromatic N) is 2. The molecular formula is C33H39ClFN3O4S. The SMILES string of the molecule is Cc1c(Cl)cccc1N(CCCC(=O)N(Cc1ccc(F)cc1)[C@H](Cc1ccccc1)C(=O)NC1CCCC1)S(C)(=O)=O. The fourth-order valence-corrected chi connectivity index (χ4v) is 6.74. The molecule has 1 fully saturated rings. The van der Waals surface area contributed by atoms with E-state index in [0.717, 1.165) is 37.5 Å². The van der Waals surface area contributed by atoms with Crippen molar-refractivity contribution in [3.8, 4) is 0 Å². The first kappa shape index (κ1) is 32.5. The highest BCUT2D eigenvalue weighted by atomic mass is 35.5. The number of hydrogen-bond acceptors (Lipinski definition) is 4. The summed E-state index contributed by atoms with van der Waals surface area (Å²) in [5.41, 5.74) is 2.69. The molecule has 4 rings (SSSR count). The molecule has 43 heavy (non-hydrogen) atoms. The van der Waals surface area contributed by atoms with Crippen LogP contribution in [-0.4, -0.2) is 50.0 Å². The Morgan fingerprint density at radius 1 is 0.977 bits per heavy atom. The molecule has 0 radical (unpaired) electrons. The van der Waals surface area contributed by atoms with Crippen molar-refractivity contribution in [2.45, 2.75) is 70.5 Å². The fraction of sp³-hybridized carbons (Fsp3) is 0.394. The smallest absolute Gasteiger partial charge is 0.243 e. The van der Waals surface area contributed by atoms with Crippen molar-refractivity contribution >= 4 is 39.1 Å². The lowest BCUT2D eigenvalue weighted by molar-refractivity contribution is -0.141.